The molecule has 0 bridgehead atoms. The van der Waals surface area contributed by atoms with Crippen LogP contribution in [0.5, 0.6) is 5.75 Å². The van der Waals surface area contributed by atoms with E-state index < -0.39 is 12.2 Å². The van der Waals surface area contributed by atoms with Gasteiger partial charge in [-0.2, -0.15) is 4.99 Å². The van der Waals surface area contributed by atoms with Crippen LogP contribution < -0.4 is 4.74 Å². The molecule has 0 saturated carbocycles. The zero-order valence-corrected chi connectivity index (χ0v) is 14.5. The van der Waals surface area contributed by atoms with Crippen molar-refractivity contribution in [2.45, 2.75) is 6.23 Å². The zero-order chi connectivity index (χ0) is 17.7. The summed E-state index contributed by atoms with van der Waals surface area (Å²) in [5, 5.41) is 1.29. The first-order valence-electron chi connectivity index (χ1n) is 6.95. The minimum absolute atomic E-state index is 0.00738. The van der Waals surface area contributed by atoms with E-state index in [2.05, 4.69) is 4.99 Å². The van der Waals surface area contributed by atoms with Gasteiger partial charge < -0.3 is 19.0 Å². The summed E-state index contributed by atoms with van der Waals surface area (Å²) in [7, 11) is 6.15. The van der Waals surface area contributed by atoms with Crippen LogP contribution in [0, 0.1) is 0 Å². The normalized spacial score (nSPS) is 17.2. The van der Waals surface area contributed by atoms with Crippen LogP contribution >= 0.6 is 11.8 Å². The van der Waals surface area contributed by atoms with Crippen molar-refractivity contribution in [2.24, 2.45) is 4.99 Å². The van der Waals surface area contributed by atoms with E-state index in [9.17, 15) is 4.79 Å². The van der Waals surface area contributed by atoms with Crippen LogP contribution in [0.2, 0.25) is 0 Å². The highest BCUT2D eigenvalue weighted by Crippen LogP contribution is 2.24. The standard InChI is InChI=1S/C15H18ClN3O5/c1-18(2)24-14(20)10-7-5-6-8-11(10)23-15-17-12(21-3)9-13(22-4)19(15)16/h5-9,13H,1-4H3. The number of carbonyl (C=O) groups is 1. The molecule has 1 aliphatic heterocycles. The molecule has 1 atom stereocenters. The SMILES string of the molecule is COC1=CC(OC)N(Cl)C(Oc2ccccc2C(=O)ON(C)C)=N1. The zero-order valence-electron chi connectivity index (χ0n) is 13.7. The minimum atomic E-state index is -0.630. The van der Waals surface area contributed by atoms with Crippen LogP contribution in [0.3, 0.4) is 0 Å². The predicted octanol–water partition coefficient (Wildman–Crippen LogP) is 1.98. The lowest BCUT2D eigenvalue weighted by molar-refractivity contribution is -0.0714. The van der Waals surface area contributed by atoms with Crippen molar-refractivity contribution in [3.05, 3.63) is 41.8 Å². The van der Waals surface area contributed by atoms with E-state index in [4.69, 9.17) is 30.8 Å². The van der Waals surface area contributed by atoms with E-state index >= 15 is 0 Å². The van der Waals surface area contributed by atoms with Crippen LogP contribution in [0.1, 0.15) is 10.4 Å². The van der Waals surface area contributed by atoms with Gasteiger partial charge in [-0.15, -0.1) is 5.06 Å². The Labute approximate surface area is 144 Å². The molecule has 0 saturated heterocycles. The number of nitrogens with zero attached hydrogens (tertiary/aromatic N) is 3. The van der Waals surface area contributed by atoms with E-state index in [1.54, 1.807) is 44.4 Å². The quantitative estimate of drug-likeness (QED) is 0.590. The summed E-state index contributed by atoms with van der Waals surface area (Å²) in [4.78, 5) is 21.3. The fourth-order valence-corrected chi connectivity index (χ4v) is 2.06. The second-order valence-electron chi connectivity index (χ2n) is 4.83. The van der Waals surface area contributed by atoms with Crippen molar-refractivity contribution in [3.8, 4) is 5.75 Å². The largest absolute Gasteiger partial charge is 0.481 e. The van der Waals surface area contributed by atoms with Crippen molar-refractivity contribution >= 4 is 23.8 Å². The van der Waals surface area contributed by atoms with Gasteiger partial charge in [-0.3, -0.25) is 0 Å². The molecule has 0 amide bonds. The van der Waals surface area contributed by atoms with Gasteiger partial charge in [0.05, 0.1) is 7.11 Å². The predicted molar refractivity (Wildman–Crippen MR) is 87.2 cm³/mol. The average molecular weight is 356 g/mol. The Morgan fingerprint density at radius 2 is 2.00 bits per heavy atom. The Kier molecular flexibility index (Phi) is 6.02. The third-order valence-electron chi connectivity index (χ3n) is 2.92. The monoisotopic (exact) mass is 355 g/mol. The Balaban J connectivity index is 2.29. The number of ether oxygens (including phenoxy) is 3. The molecule has 1 aliphatic rings. The molecule has 0 aromatic heterocycles. The van der Waals surface area contributed by atoms with Gasteiger partial charge in [-0.25, -0.2) is 9.21 Å². The lowest BCUT2D eigenvalue weighted by Gasteiger charge is -2.27. The average Bonchev–Trinajstić information content (AvgIpc) is 2.56. The second-order valence-corrected chi connectivity index (χ2v) is 5.19. The number of hydrogen-bond donors (Lipinski definition) is 0. The summed E-state index contributed by atoms with van der Waals surface area (Å²) >= 11 is 6.17. The molecular formula is C15H18ClN3O5. The van der Waals surface area contributed by atoms with E-state index in [1.807, 2.05) is 0 Å². The summed E-state index contributed by atoms with van der Waals surface area (Å²) in [6.45, 7) is 0. The van der Waals surface area contributed by atoms with Gasteiger partial charge in [0.25, 0.3) is 0 Å². The Morgan fingerprint density at radius 3 is 2.62 bits per heavy atom. The summed E-state index contributed by atoms with van der Waals surface area (Å²) in [5.74, 6) is -0.0537. The number of halogens is 1. The van der Waals surface area contributed by atoms with Crippen molar-refractivity contribution in [1.82, 2.24) is 9.48 Å². The number of aliphatic imine (C=N–C) groups is 1. The van der Waals surface area contributed by atoms with Crippen LogP contribution in [0.15, 0.2) is 41.2 Å². The van der Waals surface area contributed by atoms with Gasteiger partial charge in [0.15, 0.2) is 6.23 Å². The van der Waals surface area contributed by atoms with Crippen molar-refractivity contribution in [2.75, 3.05) is 28.3 Å². The number of hydroxylamine groups is 2. The third-order valence-corrected chi connectivity index (χ3v) is 3.26. The maximum absolute atomic E-state index is 12.1. The van der Waals surface area contributed by atoms with Crippen LogP contribution in [0.4, 0.5) is 0 Å². The van der Waals surface area contributed by atoms with E-state index in [1.165, 1.54) is 19.3 Å². The molecule has 0 fully saturated rings. The number of carbonyl (C=O) groups excluding carboxylic acids is 1. The lowest BCUT2D eigenvalue weighted by Crippen LogP contribution is -2.39. The molecule has 130 valence electrons. The Morgan fingerprint density at radius 1 is 1.29 bits per heavy atom. The third kappa shape index (κ3) is 4.16. The summed E-state index contributed by atoms with van der Waals surface area (Å²) in [6.07, 6.45) is 0.946. The van der Waals surface area contributed by atoms with Gasteiger partial charge >= 0.3 is 12.0 Å². The van der Waals surface area contributed by atoms with Crippen molar-refractivity contribution in [1.29, 1.82) is 0 Å². The first-order chi connectivity index (χ1) is 11.5. The fourth-order valence-electron chi connectivity index (χ4n) is 1.85. The highest BCUT2D eigenvalue weighted by Gasteiger charge is 2.28. The topological polar surface area (TPSA) is 72.8 Å². The first-order valence-corrected chi connectivity index (χ1v) is 7.29. The molecule has 0 N–H and O–H groups in total. The second kappa shape index (κ2) is 8.00. The highest BCUT2D eigenvalue weighted by atomic mass is 35.5. The maximum Gasteiger partial charge on any atom is 0.360 e. The van der Waals surface area contributed by atoms with Gasteiger partial charge in [-0.1, -0.05) is 12.1 Å². The Hall–Kier alpha value is -2.29. The molecule has 2 rings (SSSR count). The first kappa shape index (κ1) is 18.1. The lowest BCUT2D eigenvalue weighted by atomic mass is 10.2. The van der Waals surface area contributed by atoms with Gasteiger partial charge in [-0.05, 0) is 12.1 Å². The van der Waals surface area contributed by atoms with Crippen molar-refractivity contribution in [3.63, 3.8) is 0 Å². The fraction of sp³-hybridized carbons (Fsp3) is 0.333. The number of amidine groups is 1. The molecule has 1 heterocycles. The van der Waals surface area contributed by atoms with Crippen LogP contribution in [0.25, 0.3) is 0 Å². The van der Waals surface area contributed by atoms with E-state index in [0.29, 0.717) is 0 Å². The molecule has 8 nitrogen and oxygen atoms in total. The number of hydrogen-bond acceptors (Lipinski definition) is 8. The van der Waals surface area contributed by atoms with Crippen molar-refractivity contribution < 1.29 is 23.8 Å². The number of methoxy groups -OCH3 is 2. The van der Waals surface area contributed by atoms with Gasteiger partial charge in [0.2, 0.25) is 5.88 Å². The molecule has 24 heavy (non-hydrogen) atoms. The summed E-state index contributed by atoms with van der Waals surface area (Å²) in [6, 6.07) is 6.59. The van der Waals surface area contributed by atoms with Crippen LogP contribution in [-0.4, -0.2) is 56.0 Å². The molecule has 1 unspecified atom stereocenters. The molecule has 9 heteroatoms. The molecule has 1 aromatic rings. The minimum Gasteiger partial charge on any atom is -0.481 e. The smallest absolute Gasteiger partial charge is 0.360 e. The van der Waals surface area contributed by atoms with E-state index in [-0.39, 0.29) is 23.2 Å². The Bertz CT molecular complexity index is 662. The maximum atomic E-state index is 12.1. The molecule has 0 radical (unpaired) electrons. The van der Waals surface area contributed by atoms with Gasteiger partial charge in [0, 0.05) is 39.1 Å². The molecule has 1 aromatic carbocycles. The van der Waals surface area contributed by atoms with Crippen LogP contribution in [-0.2, 0) is 14.3 Å². The molecular weight excluding hydrogens is 338 g/mol. The number of benzene rings is 1. The number of rotatable bonds is 5. The highest BCUT2D eigenvalue weighted by molar-refractivity contribution is 6.21. The molecule has 0 spiro atoms. The number of para-hydroxylation sites is 1. The molecule has 0 aliphatic carbocycles. The summed E-state index contributed by atoms with van der Waals surface area (Å²) in [5.41, 5.74) is 0.224. The summed E-state index contributed by atoms with van der Waals surface area (Å²) < 4.78 is 17.2. The van der Waals surface area contributed by atoms with Gasteiger partial charge in [0.1, 0.15) is 11.3 Å². The van der Waals surface area contributed by atoms with E-state index in [0.717, 1.165) is 4.42 Å².